The lowest BCUT2D eigenvalue weighted by atomic mass is 9.93. The average molecular weight is 388 g/mol. The van der Waals surface area contributed by atoms with E-state index < -0.39 is 18.1 Å². The third-order valence-electron chi connectivity index (χ3n) is 5.21. The van der Waals surface area contributed by atoms with E-state index in [1.807, 2.05) is 24.3 Å². The highest BCUT2D eigenvalue weighted by Gasteiger charge is 2.39. The first-order chi connectivity index (χ1) is 13.4. The van der Waals surface area contributed by atoms with Crippen LogP contribution in [0.3, 0.4) is 0 Å². The number of urea groups is 1. The van der Waals surface area contributed by atoms with Gasteiger partial charge in [0, 0.05) is 12.0 Å². The smallest absolute Gasteiger partial charge is 0.365 e. The number of fused-ring (bicyclic) bond motifs is 1. The van der Waals surface area contributed by atoms with Crippen LogP contribution in [0.1, 0.15) is 25.0 Å². The Kier molecular flexibility index (Phi) is 5.99. The van der Waals surface area contributed by atoms with Crippen molar-refractivity contribution in [3.8, 4) is 0 Å². The zero-order chi connectivity index (χ0) is 20.3. The van der Waals surface area contributed by atoms with Gasteiger partial charge in [-0.2, -0.15) is 0 Å². The van der Waals surface area contributed by atoms with Gasteiger partial charge in [0.2, 0.25) is 0 Å². The minimum atomic E-state index is -0.476. The number of amides is 2. The van der Waals surface area contributed by atoms with Crippen LogP contribution in [0.2, 0.25) is 0 Å². The van der Waals surface area contributed by atoms with Crippen LogP contribution >= 0.6 is 0 Å². The molecule has 1 aromatic carbocycles. The van der Waals surface area contributed by atoms with E-state index in [2.05, 4.69) is 10.6 Å². The molecule has 2 heterocycles. The first-order valence-electron chi connectivity index (χ1n) is 9.41. The maximum absolute atomic E-state index is 12.5. The van der Waals surface area contributed by atoms with Gasteiger partial charge in [-0.25, -0.2) is 14.4 Å². The summed E-state index contributed by atoms with van der Waals surface area (Å²) in [6, 6.07) is 6.70. The van der Waals surface area contributed by atoms with Gasteiger partial charge < -0.3 is 25.0 Å². The molecule has 3 rings (SSSR count). The van der Waals surface area contributed by atoms with Crippen molar-refractivity contribution < 1.29 is 28.8 Å². The number of ether oxygens (including phenoxy) is 2. The maximum Gasteiger partial charge on any atom is 0.365 e. The van der Waals surface area contributed by atoms with Crippen molar-refractivity contribution in [2.45, 2.75) is 38.9 Å². The minimum Gasteiger partial charge on any atom is -0.465 e. The summed E-state index contributed by atoms with van der Waals surface area (Å²) in [5.41, 5.74) is 3.13. The number of carbonyl (C=O) groups is 3. The zero-order valence-electron chi connectivity index (χ0n) is 16.3. The molecule has 8 heteroatoms. The Morgan fingerprint density at radius 1 is 1.25 bits per heavy atom. The average Bonchev–Trinajstić information content (AvgIpc) is 2.66. The minimum absolute atomic E-state index is 0.241. The third-order valence-corrected chi connectivity index (χ3v) is 5.21. The van der Waals surface area contributed by atoms with Crippen molar-refractivity contribution in [2.24, 2.45) is 0 Å². The summed E-state index contributed by atoms with van der Waals surface area (Å²) in [6.07, 6.45) is 0.544. The molecule has 0 bridgehead atoms. The van der Waals surface area contributed by atoms with E-state index in [9.17, 15) is 14.4 Å². The van der Waals surface area contributed by atoms with Crippen LogP contribution in [0.4, 0.5) is 4.79 Å². The fourth-order valence-corrected chi connectivity index (χ4v) is 3.89. The molecule has 0 spiro atoms. The summed E-state index contributed by atoms with van der Waals surface area (Å²) in [5, 5.41) is 5.43. The van der Waals surface area contributed by atoms with Crippen molar-refractivity contribution in [3.63, 3.8) is 0 Å². The Morgan fingerprint density at radius 2 is 1.96 bits per heavy atom. The highest BCUT2D eigenvalue weighted by Crippen LogP contribution is 2.17. The van der Waals surface area contributed by atoms with Gasteiger partial charge in [0.05, 0.1) is 31.0 Å². The van der Waals surface area contributed by atoms with Gasteiger partial charge in [-0.15, -0.1) is 0 Å². The summed E-state index contributed by atoms with van der Waals surface area (Å²) in [7, 11) is 1.37. The Morgan fingerprint density at radius 3 is 2.64 bits per heavy atom. The van der Waals surface area contributed by atoms with Gasteiger partial charge in [0.25, 0.3) is 0 Å². The second-order valence-corrected chi connectivity index (χ2v) is 6.99. The van der Waals surface area contributed by atoms with Gasteiger partial charge in [-0.3, -0.25) is 0 Å². The molecular weight excluding hydrogens is 362 g/mol. The second kappa shape index (κ2) is 8.43. The Balaban J connectivity index is 1.95. The topological polar surface area (TPSA) is 98.2 Å². The summed E-state index contributed by atoms with van der Waals surface area (Å²) in [6.45, 7) is 4.61. The Labute approximate surface area is 163 Å². The number of methoxy groups -OCH3 is 1. The van der Waals surface area contributed by atoms with Crippen LogP contribution < -0.4 is 15.5 Å². The molecule has 8 nitrogen and oxygen atoms in total. The molecule has 0 aliphatic carbocycles. The lowest BCUT2D eigenvalue weighted by Gasteiger charge is -2.34. The van der Waals surface area contributed by atoms with Gasteiger partial charge >= 0.3 is 18.0 Å². The largest absolute Gasteiger partial charge is 0.465 e. The summed E-state index contributed by atoms with van der Waals surface area (Å²) >= 11 is 0. The number of hydrogen-bond donors (Lipinski definition) is 3. The normalized spacial score (nSPS) is 24.0. The number of benzene rings is 1. The second-order valence-electron chi connectivity index (χ2n) is 6.99. The van der Waals surface area contributed by atoms with E-state index in [-0.39, 0.29) is 18.6 Å². The van der Waals surface area contributed by atoms with E-state index in [1.54, 1.807) is 13.8 Å². The molecule has 1 aromatic rings. The fraction of sp³-hybridized carbons (Fsp3) is 0.450. The van der Waals surface area contributed by atoms with E-state index >= 15 is 0 Å². The highest BCUT2D eigenvalue weighted by molar-refractivity contribution is 5.94. The van der Waals surface area contributed by atoms with E-state index in [4.69, 9.17) is 9.47 Å². The zero-order valence-corrected chi connectivity index (χ0v) is 16.3. The molecule has 150 valence electrons. The van der Waals surface area contributed by atoms with Crippen LogP contribution in [0, 0.1) is 0 Å². The molecule has 1 unspecified atom stereocenters. The van der Waals surface area contributed by atoms with E-state index in [1.165, 1.54) is 7.11 Å². The fourth-order valence-electron chi connectivity index (χ4n) is 3.89. The van der Waals surface area contributed by atoms with Gasteiger partial charge in [-0.05, 0) is 19.4 Å². The van der Waals surface area contributed by atoms with Crippen molar-refractivity contribution in [1.29, 1.82) is 0 Å². The maximum atomic E-state index is 12.5. The number of carbonyl (C=O) groups excluding carboxylic acids is 3. The van der Waals surface area contributed by atoms with Crippen molar-refractivity contribution in [3.05, 3.63) is 46.7 Å². The third kappa shape index (κ3) is 4.01. The summed E-state index contributed by atoms with van der Waals surface area (Å²) in [4.78, 5) is 37.8. The SMILES string of the molecule is CCOC(=O)C1=C(C[NH+]2Cc3ccccc3C[C@@H]2C(=O)OC)NC(=O)N[C@@H]1C. The first-order valence-corrected chi connectivity index (χ1v) is 9.41. The molecule has 0 saturated heterocycles. The Hall–Kier alpha value is -2.87. The van der Waals surface area contributed by atoms with E-state index in [0.29, 0.717) is 30.8 Å². The van der Waals surface area contributed by atoms with Crippen molar-refractivity contribution in [2.75, 3.05) is 20.3 Å². The van der Waals surface area contributed by atoms with Crippen LogP contribution in [0.5, 0.6) is 0 Å². The van der Waals surface area contributed by atoms with Crippen LogP contribution in [0.15, 0.2) is 35.5 Å². The van der Waals surface area contributed by atoms with Crippen LogP contribution in [0.25, 0.3) is 0 Å². The van der Waals surface area contributed by atoms with E-state index in [0.717, 1.165) is 16.0 Å². The van der Waals surface area contributed by atoms with Crippen LogP contribution in [-0.4, -0.2) is 50.3 Å². The van der Waals surface area contributed by atoms with Crippen molar-refractivity contribution in [1.82, 2.24) is 10.6 Å². The molecule has 3 atom stereocenters. The molecule has 2 amide bonds. The predicted octanol–water partition coefficient (Wildman–Crippen LogP) is -0.312. The lowest BCUT2D eigenvalue weighted by Crippen LogP contribution is -3.17. The number of hydrogen-bond acceptors (Lipinski definition) is 5. The standard InChI is InChI=1S/C20H25N3O5/c1-4-28-19(25)17-12(2)21-20(26)22-15(17)11-23-10-14-8-6-5-7-13(14)9-16(23)18(24)27-3/h5-8,12,16H,4,9-11H2,1-3H3,(H2,21,22,26)/p+1/t12-,16-/m1/s1. The number of quaternary nitrogens is 1. The molecule has 0 aromatic heterocycles. The molecule has 2 aliphatic heterocycles. The molecular formula is C20H26N3O5+. The monoisotopic (exact) mass is 388 g/mol. The van der Waals surface area contributed by atoms with Gasteiger partial charge in [0.15, 0.2) is 6.04 Å². The van der Waals surface area contributed by atoms with Gasteiger partial charge in [0.1, 0.15) is 13.1 Å². The molecule has 3 N–H and O–H groups in total. The highest BCUT2D eigenvalue weighted by atomic mass is 16.5. The number of nitrogens with one attached hydrogen (secondary N) is 3. The summed E-state index contributed by atoms with van der Waals surface area (Å²) in [5.74, 6) is -0.778. The lowest BCUT2D eigenvalue weighted by molar-refractivity contribution is -0.928. The van der Waals surface area contributed by atoms with Gasteiger partial charge in [-0.1, -0.05) is 24.3 Å². The Bertz CT molecular complexity index is 820. The predicted molar refractivity (Wildman–Crippen MR) is 100 cm³/mol. The number of esters is 2. The molecule has 28 heavy (non-hydrogen) atoms. The molecule has 0 saturated carbocycles. The summed E-state index contributed by atoms with van der Waals surface area (Å²) < 4.78 is 10.2. The van der Waals surface area contributed by atoms with Crippen LogP contribution in [-0.2, 0) is 32.0 Å². The van der Waals surface area contributed by atoms with Crippen molar-refractivity contribution >= 4 is 18.0 Å². The quantitative estimate of drug-likeness (QED) is 0.601. The molecule has 0 fully saturated rings. The molecule has 2 aliphatic rings. The molecule has 0 radical (unpaired) electrons. The number of rotatable bonds is 5. The first kappa shape index (κ1) is 19.9.